The van der Waals surface area contributed by atoms with Crippen molar-refractivity contribution in [3.63, 3.8) is 0 Å². The summed E-state index contributed by atoms with van der Waals surface area (Å²) in [5.74, 6) is 0. The maximum Gasteiger partial charge on any atom is 0.104 e. The fraction of sp³-hybridized carbons (Fsp3) is 0.0606. The molecule has 0 aliphatic rings. The normalized spacial score (nSPS) is 11.4. The van der Waals surface area contributed by atoms with E-state index in [0.717, 1.165) is 111 Å². The zero-order valence-corrected chi connectivity index (χ0v) is 39.4. The van der Waals surface area contributed by atoms with Crippen LogP contribution in [0.1, 0.15) is 33.4 Å². The second kappa shape index (κ2) is 16.8. The Labute approximate surface area is 407 Å². The van der Waals surface area contributed by atoms with E-state index in [1.54, 1.807) is 0 Å². The van der Waals surface area contributed by atoms with E-state index in [4.69, 9.17) is 0 Å². The molecule has 330 valence electrons. The van der Waals surface area contributed by atoms with Crippen molar-refractivity contribution in [2.45, 2.75) is 27.7 Å². The highest BCUT2D eigenvalue weighted by molar-refractivity contribution is 6.13. The fourth-order valence-electron chi connectivity index (χ4n) is 10.9. The molecule has 0 aliphatic heterocycles. The van der Waals surface area contributed by atoms with Crippen molar-refractivity contribution in [1.29, 1.82) is 10.5 Å². The van der Waals surface area contributed by atoms with Gasteiger partial charge in [-0.2, -0.15) is 10.5 Å². The molecule has 0 fully saturated rings. The van der Waals surface area contributed by atoms with Crippen LogP contribution in [-0.2, 0) is 0 Å². The summed E-state index contributed by atoms with van der Waals surface area (Å²) in [6, 6.07) is 78.3. The van der Waals surface area contributed by atoms with E-state index >= 15 is 0 Å². The summed E-state index contributed by atoms with van der Waals surface area (Å²) in [4.78, 5) is 0. The summed E-state index contributed by atoms with van der Waals surface area (Å²) in [7, 11) is 0. The molecule has 0 amide bonds. The summed E-state index contributed by atoms with van der Waals surface area (Å²) in [5, 5.41) is 27.0. The molecular weight excluding hydrogens is 849 g/mol. The molecule has 0 bridgehead atoms. The van der Waals surface area contributed by atoms with Gasteiger partial charge in [0.2, 0.25) is 0 Å². The molecule has 2 heterocycles. The monoisotopic (exact) mass is 894 g/mol. The number of nitrogens with zero attached hydrogens (tertiary/aromatic N) is 4. The quantitative estimate of drug-likeness (QED) is 0.160. The zero-order chi connectivity index (χ0) is 47.6. The number of hydrogen-bond acceptors (Lipinski definition) is 2. The first-order chi connectivity index (χ1) is 34.3. The minimum atomic E-state index is 0.515. The van der Waals surface area contributed by atoms with Crippen LogP contribution in [0.5, 0.6) is 0 Å². The van der Waals surface area contributed by atoms with Gasteiger partial charge in [-0.15, -0.1) is 0 Å². The van der Waals surface area contributed by atoms with E-state index in [1.807, 2.05) is 24.3 Å². The van der Waals surface area contributed by atoms with Gasteiger partial charge in [-0.1, -0.05) is 164 Å². The van der Waals surface area contributed by atoms with Crippen molar-refractivity contribution in [2.24, 2.45) is 0 Å². The molecule has 2 aromatic heterocycles. The number of fused-ring (bicyclic) bond motifs is 6. The molecule has 10 aromatic carbocycles. The highest BCUT2D eigenvalue weighted by atomic mass is 15.0. The lowest BCUT2D eigenvalue weighted by molar-refractivity contribution is 1.12. The van der Waals surface area contributed by atoms with E-state index in [0.29, 0.717) is 11.1 Å². The van der Waals surface area contributed by atoms with Crippen LogP contribution in [0.15, 0.2) is 206 Å². The average molecular weight is 895 g/mol. The van der Waals surface area contributed by atoms with E-state index in [-0.39, 0.29) is 0 Å². The first-order valence-electron chi connectivity index (χ1n) is 23.8. The van der Waals surface area contributed by atoms with Crippen LogP contribution in [-0.4, -0.2) is 9.13 Å². The Kier molecular flexibility index (Phi) is 10.1. The molecule has 4 heteroatoms. The van der Waals surface area contributed by atoms with Gasteiger partial charge in [0.25, 0.3) is 0 Å². The minimum absolute atomic E-state index is 0.515. The van der Waals surface area contributed by atoms with Crippen LogP contribution in [0.3, 0.4) is 0 Å². The average Bonchev–Trinajstić information content (AvgIpc) is 3.89. The largest absolute Gasteiger partial charge is 0.308 e. The maximum absolute atomic E-state index is 12.0. The van der Waals surface area contributed by atoms with Crippen LogP contribution in [0.25, 0.3) is 111 Å². The second-order valence-corrected chi connectivity index (χ2v) is 18.5. The van der Waals surface area contributed by atoms with Gasteiger partial charge >= 0.3 is 0 Å². The van der Waals surface area contributed by atoms with Crippen molar-refractivity contribution in [3.05, 3.63) is 240 Å². The molecule has 0 radical (unpaired) electrons. The molecule has 4 nitrogen and oxygen atoms in total. The molecule has 0 N–H and O–H groups in total. The van der Waals surface area contributed by atoms with Gasteiger partial charge in [0.05, 0.1) is 45.1 Å². The van der Waals surface area contributed by atoms with Gasteiger partial charge in [-0.25, -0.2) is 0 Å². The van der Waals surface area contributed by atoms with Gasteiger partial charge in [0, 0.05) is 21.5 Å². The highest BCUT2D eigenvalue weighted by Crippen LogP contribution is 2.44. The predicted molar refractivity (Wildman–Crippen MR) is 291 cm³/mol. The molecule has 0 saturated carbocycles. The van der Waals surface area contributed by atoms with E-state index in [2.05, 4.69) is 231 Å². The molecule has 12 aromatic rings. The lowest BCUT2D eigenvalue weighted by atomic mass is 9.96. The number of aromatic nitrogens is 2. The van der Waals surface area contributed by atoms with E-state index in [1.165, 1.54) is 22.3 Å². The Morgan fingerprint density at radius 1 is 0.300 bits per heavy atom. The molecule has 0 aliphatic carbocycles. The molecule has 0 saturated heterocycles. The summed E-state index contributed by atoms with van der Waals surface area (Å²) in [5.41, 5.74) is 21.8. The maximum atomic E-state index is 12.0. The number of hydrogen-bond donors (Lipinski definition) is 0. The van der Waals surface area contributed by atoms with Crippen molar-refractivity contribution < 1.29 is 0 Å². The van der Waals surface area contributed by atoms with Crippen molar-refractivity contribution >= 4 is 43.6 Å². The molecule has 0 unspecified atom stereocenters. The molecular formula is C66H46N4. The van der Waals surface area contributed by atoms with Crippen LogP contribution in [0.4, 0.5) is 0 Å². The number of benzene rings is 10. The Morgan fingerprint density at radius 3 is 0.900 bits per heavy atom. The Bertz CT molecular complexity index is 3760. The van der Waals surface area contributed by atoms with Crippen LogP contribution < -0.4 is 0 Å². The van der Waals surface area contributed by atoms with E-state index < -0.39 is 0 Å². The number of nitriles is 2. The van der Waals surface area contributed by atoms with Gasteiger partial charge < -0.3 is 9.13 Å². The topological polar surface area (TPSA) is 57.4 Å². The third-order valence-electron chi connectivity index (χ3n) is 14.4. The summed E-state index contributed by atoms with van der Waals surface area (Å²) < 4.78 is 4.61. The van der Waals surface area contributed by atoms with Gasteiger partial charge in [-0.05, 0) is 148 Å². The van der Waals surface area contributed by atoms with Crippen LogP contribution in [0.2, 0.25) is 0 Å². The molecule has 70 heavy (non-hydrogen) atoms. The number of aryl methyl sites for hydroxylation is 4. The highest BCUT2D eigenvalue weighted by Gasteiger charge is 2.25. The predicted octanol–water partition coefficient (Wildman–Crippen LogP) is 17.2. The van der Waals surface area contributed by atoms with Crippen molar-refractivity contribution in [2.75, 3.05) is 0 Å². The third-order valence-corrected chi connectivity index (χ3v) is 14.4. The van der Waals surface area contributed by atoms with Crippen LogP contribution >= 0.6 is 0 Å². The summed E-state index contributed by atoms with van der Waals surface area (Å²) in [6.07, 6.45) is 0. The lowest BCUT2D eigenvalue weighted by Crippen LogP contribution is -2.06. The van der Waals surface area contributed by atoms with Gasteiger partial charge in [0.1, 0.15) is 11.6 Å². The summed E-state index contributed by atoms with van der Waals surface area (Å²) in [6.45, 7) is 8.61. The first-order valence-corrected chi connectivity index (χ1v) is 23.8. The van der Waals surface area contributed by atoms with Crippen molar-refractivity contribution in [1.82, 2.24) is 9.13 Å². The third kappa shape index (κ3) is 6.81. The Balaban J connectivity index is 1.26. The standard InChI is InChI=1S/C66H46N4/c1-41-15-5-10-20-51(41)45-25-29-56-57-30-26-46(52-21-11-6-16-42(52)2)34-62(57)69(61(56)33-45)65-37-50(55-24-14-9-19-49(55)39-67)38-66(60(65)40-68)70-63-35-47(53-22-12-7-17-43(53)3)27-31-58(63)59-32-28-48(36-64(59)70)54-23-13-8-18-44(54)4/h5-38H,1-4H3. The second-order valence-electron chi connectivity index (χ2n) is 18.5. The molecule has 12 rings (SSSR count). The summed E-state index contributed by atoms with van der Waals surface area (Å²) >= 11 is 0. The lowest BCUT2D eigenvalue weighted by Gasteiger charge is -2.19. The van der Waals surface area contributed by atoms with Gasteiger partial charge in [0.15, 0.2) is 0 Å². The first kappa shape index (κ1) is 42.2. The van der Waals surface area contributed by atoms with E-state index in [9.17, 15) is 10.5 Å². The zero-order valence-electron chi connectivity index (χ0n) is 39.4. The SMILES string of the molecule is Cc1ccccc1-c1ccc2c3ccc(-c4ccccc4C)cc3n(-c3cc(-c4ccccc4C#N)cc(-n4c5cc(-c6ccccc6C)ccc5c5ccc(-c6ccccc6C)cc54)c3C#N)c2c1. The Hall–Kier alpha value is -9.22. The number of rotatable bonds is 7. The minimum Gasteiger partial charge on any atom is -0.308 e. The molecule has 0 spiro atoms. The fourth-order valence-corrected chi connectivity index (χ4v) is 10.9. The Morgan fingerprint density at radius 2 is 0.600 bits per heavy atom. The van der Waals surface area contributed by atoms with Crippen molar-refractivity contribution in [3.8, 4) is 79.1 Å². The van der Waals surface area contributed by atoms with Gasteiger partial charge in [-0.3, -0.25) is 0 Å². The molecule has 0 atom stereocenters. The van der Waals surface area contributed by atoms with Crippen LogP contribution in [0, 0.1) is 50.4 Å². The smallest absolute Gasteiger partial charge is 0.104 e.